The number of nitrogens with zero attached hydrogens (tertiary/aromatic N) is 1. The number of halogens is 1. The Morgan fingerprint density at radius 2 is 2.37 bits per heavy atom. The van der Waals surface area contributed by atoms with Crippen LogP contribution in [0.15, 0.2) is 27.8 Å². The monoisotopic (exact) mass is 324 g/mol. The summed E-state index contributed by atoms with van der Waals surface area (Å²) >= 11 is 3.41. The third-order valence-electron chi connectivity index (χ3n) is 2.76. The molecule has 1 N–H and O–H groups in total. The van der Waals surface area contributed by atoms with Gasteiger partial charge < -0.3 is 4.74 Å². The van der Waals surface area contributed by atoms with Gasteiger partial charge in [0, 0.05) is 16.0 Å². The van der Waals surface area contributed by atoms with Crippen LogP contribution in [0, 0.1) is 5.92 Å². The number of ether oxygens (including phenoxy) is 1. The molecule has 5 heteroatoms. The molecular formula is C14H17BrN2O2. The van der Waals surface area contributed by atoms with Gasteiger partial charge in [-0.1, -0.05) is 22.9 Å². The summed E-state index contributed by atoms with van der Waals surface area (Å²) in [6, 6.07) is 5.73. The first kappa shape index (κ1) is 14.1. The van der Waals surface area contributed by atoms with E-state index in [1.165, 1.54) is 0 Å². The fourth-order valence-corrected chi connectivity index (χ4v) is 1.94. The number of rotatable bonds is 6. The van der Waals surface area contributed by atoms with Gasteiger partial charge in [0.1, 0.15) is 5.75 Å². The molecule has 0 atom stereocenters. The molecule has 1 aromatic rings. The highest BCUT2D eigenvalue weighted by atomic mass is 79.9. The SMILES string of the molecule is CCCOc1ccc(Br)cc1/C=N\NC(=O)C1CC1. The van der Waals surface area contributed by atoms with Gasteiger partial charge in [0.2, 0.25) is 5.91 Å². The van der Waals surface area contributed by atoms with E-state index >= 15 is 0 Å². The van der Waals surface area contributed by atoms with Crippen LogP contribution < -0.4 is 10.2 Å². The second kappa shape index (κ2) is 6.70. The van der Waals surface area contributed by atoms with Crippen LogP contribution in [0.3, 0.4) is 0 Å². The fraction of sp³-hybridized carbons (Fsp3) is 0.429. The molecule has 1 aromatic carbocycles. The zero-order valence-corrected chi connectivity index (χ0v) is 12.4. The van der Waals surface area contributed by atoms with Crippen LogP contribution in [0.2, 0.25) is 0 Å². The highest BCUT2D eigenvalue weighted by molar-refractivity contribution is 9.10. The van der Waals surface area contributed by atoms with Crippen LogP contribution in [-0.2, 0) is 4.79 Å². The lowest BCUT2D eigenvalue weighted by Crippen LogP contribution is -2.19. The Morgan fingerprint density at radius 3 is 3.05 bits per heavy atom. The van der Waals surface area contributed by atoms with Gasteiger partial charge in [-0.2, -0.15) is 5.10 Å². The van der Waals surface area contributed by atoms with Gasteiger partial charge in [-0.25, -0.2) is 5.43 Å². The minimum Gasteiger partial charge on any atom is -0.493 e. The van der Waals surface area contributed by atoms with E-state index in [-0.39, 0.29) is 11.8 Å². The number of benzene rings is 1. The molecule has 1 fully saturated rings. The zero-order chi connectivity index (χ0) is 13.7. The summed E-state index contributed by atoms with van der Waals surface area (Å²) in [6.07, 6.45) is 4.52. The number of carbonyl (C=O) groups excluding carboxylic acids is 1. The van der Waals surface area contributed by atoms with Crippen molar-refractivity contribution >= 4 is 28.1 Å². The lowest BCUT2D eigenvalue weighted by molar-refractivity contribution is -0.122. The number of amides is 1. The minimum absolute atomic E-state index is 0.00210. The van der Waals surface area contributed by atoms with E-state index in [1.54, 1.807) is 6.21 Å². The minimum atomic E-state index is 0.00210. The molecule has 0 bridgehead atoms. The fourth-order valence-electron chi connectivity index (χ4n) is 1.57. The van der Waals surface area contributed by atoms with Crippen LogP contribution >= 0.6 is 15.9 Å². The zero-order valence-electron chi connectivity index (χ0n) is 10.9. The Balaban J connectivity index is 2.01. The number of carbonyl (C=O) groups is 1. The summed E-state index contributed by atoms with van der Waals surface area (Å²) in [4.78, 5) is 11.5. The first-order chi connectivity index (χ1) is 9.20. The summed E-state index contributed by atoms with van der Waals surface area (Å²) in [5, 5.41) is 3.99. The molecule has 1 amide bonds. The standard InChI is InChI=1S/C14H17BrN2O2/c1-2-7-19-13-6-5-12(15)8-11(13)9-16-17-14(18)10-3-4-10/h5-6,8-10H,2-4,7H2,1H3,(H,17,18)/b16-9-. The number of hydrogen-bond donors (Lipinski definition) is 1. The van der Waals surface area contributed by atoms with Gasteiger partial charge in [-0.3, -0.25) is 4.79 Å². The van der Waals surface area contributed by atoms with Crippen molar-refractivity contribution in [1.82, 2.24) is 5.43 Å². The Labute approximate surface area is 121 Å². The molecule has 0 radical (unpaired) electrons. The molecule has 0 aliphatic heterocycles. The van der Waals surface area contributed by atoms with Gasteiger partial charge in [0.15, 0.2) is 0 Å². The van der Waals surface area contributed by atoms with Crippen molar-refractivity contribution in [2.45, 2.75) is 26.2 Å². The maximum absolute atomic E-state index is 11.5. The number of hydrogen-bond acceptors (Lipinski definition) is 3. The first-order valence-corrected chi connectivity index (χ1v) is 7.25. The van der Waals surface area contributed by atoms with E-state index in [0.29, 0.717) is 6.61 Å². The maximum Gasteiger partial charge on any atom is 0.243 e. The van der Waals surface area contributed by atoms with Gasteiger partial charge >= 0.3 is 0 Å². The van der Waals surface area contributed by atoms with Gasteiger partial charge in [0.05, 0.1) is 12.8 Å². The summed E-state index contributed by atoms with van der Waals surface area (Å²) in [5.41, 5.74) is 3.40. The molecule has 102 valence electrons. The average Bonchev–Trinajstić information content (AvgIpc) is 3.22. The molecule has 1 aliphatic rings. The van der Waals surface area contributed by atoms with Crippen LogP contribution in [0.1, 0.15) is 31.7 Å². The third-order valence-corrected chi connectivity index (χ3v) is 3.25. The van der Waals surface area contributed by atoms with Crippen molar-refractivity contribution in [2.75, 3.05) is 6.61 Å². The van der Waals surface area contributed by atoms with Crippen molar-refractivity contribution in [2.24, 2.45) is 11.0 Å². The molecule has 1 saturated carbocycles. The molecule has 1 aliphatic carbocycles. The number of hydrazone groups is 1. The highest BCUT2D eigenvalue weighted by Gasteiger charge is 2.29. The van der Waals surface area contributed by atoms with E-state index < -0.39 is 0 Å². The second-order valence-electron chi connectivity index (χ2n) is 4.54. The van der Waals surface area contributed by atoms with Gasteiger partial charge in [-0.05, 0) is 37.5 Å². The Kier molecular flexibility index (Phi) is 4.96. The summed E-state index contributed by atoms with van der Waals surface area (Å²) in [6.45, 7) is 2.72. The van der Waals surface area contributed by atoms with E-state index in [9.17, 15) is 4.79 Å². The quantitative estimate of drug-likeness (QED) is 0.645. The van der Waals surface area contributed by atoms with Gasteiger partial charge in [-0.15, -0.1) is 0 Å². The largest absolute Gasteiger partial charge is 0.493 e. The van der Waals surface area contributed by atoms with Crippen LogP contribution in [-0.4, -0.2) is 18.7 Å². The summed E-state index contributed by atoms with van der Waals surface area (Å²) in [5.74, 6) is 0.937. The van der Waals surface area contributed by atoms with Crippen molar-refractivity contribution in [3.8, 4) is 5.75 Å². The van der Waals surface area contributed by atoms with Gasteiger partial charge in [0.25, 0.3) is 0 Å². The third kappa shape index (κ3) is 4.35. The van der Waals surface area contributed by atoms with Crippen molar-refractivity contribution in [3.63, 3.8) is 0 Å². The van der Waals surface area contributed by atoms with Crippen molar-refractivity contribution in [3.05, 3.63) is 28.2 Å². The van der Waals surface area contributed by atoms with E-state index in [4.69, 9.17) is 4.74 Å². The van der Waals surface area contributed by atoms with E-state index in [0.717, 1.165) is 35.0 Å². The lowest BCUT2D eigenvalue weighted by atomic mass is 10.2. The summed E-state index contributed by atoms with van der Waals surface area (Å²) < 4.78 is 6.58. The van der Waals surface area contributed by atoms with Crippen LogP contribution in [0.5, 0.6) is 5.75 Å². The molecular weight excluding hydrogens is 308 g/mol. The maximum atomic E-state index is 11.5. The van der Waals surface area contributed by atoms with Crippen molar-refractivity contribution in [1.29, 1.82) is 0 Å². The molecule has 0 spiro atoms. The van der Waals surface area contributed by atoms with E-state index in [2.05, 4.69) is 33.4 Å². The normalized spacial score (nSPS) is 14.6. The van der Waals surface area contributed by atoms with E-state index in [1.807, 2.05) is 18.2 Å². The predicted octanol–water partition coefficient (Wildman–Crippen LogP) is 3.10. The molecule has 0 heterocycles. The molecule has 4 nitrogen and oxygen atoms in total. The Morgan fingerprint density at radius 1 is 1.58 bits per heavy atom. The van der Waals surface area contributed by atoms with Crippen LogP contribution in [0.25, 0.3) is 0 Å². The molecule has 0 unspecified atom stereocenters. The van der Waals surface area contributed by atoms with Crippen LogP contribution in [0.4, 0.5) is 0 Å². The highest BCUT2D eigenvalue weighted by Crippen LogP contribution is 2.28. The predicted molar refractivity (Wildman–Crippen MR) is 78.4 cm³/mol. The first-order valence-electron chi connectivity index (χ1n) is 6.46. The Bertz CT molecular complexity index is 484. The van der Waals surface area contributed by atoms with Crippen molar-refractivity contribution < 1.29 is 9.53 Å². The summed E-state index contributed by atoms with van der Waals surface area (Å²) in [7, 11) is 0. The average molecular weight is 325 g/mol. The molecule has 2 rings (SSSR count). The smallest absolute Gasteiger partial charge is 0.243 e. The lowest BCUT2D eigenvalue weighted by Gasteiger charge is -2.08. The Hall–Kier alpha value is -1.36. The second-order valence-corrected chi connectivity index (χ2v) is 5.45. The number of nitrogens with one attached hydrogen (secondary N) is 1. The molecule has 0 aromatic heterocycles. The topological polar surface area (TPSA) is 50.7 Å². The molecule has 0 saturated heterocycles. The molecule has 19 heavy (non-hydrogen) atoms.